The summed E-state index contributed by atoms with van der Waals surface area (Å²) in [7, 11) is 0. The van der Waals surface area contributed by atoms with E-state index in [9.17, 15) is 4.79 Å². The van der Waals surface area contributed by atoms with Crippen molar-refractivity contribution in [2.45, 2.75) is 52.2 Å². The largest absolute Gasteiger partial charge is 0.444 e. The van der Waals surface area contributed by atoms with Gasteiger partial charge in [0.25, 0.3) is 0 Å². The highest BCUT2D eigenvalue weighted by Gasteiger charge is 2.32. The molecule has 4 nitrogen and oxygen atoms in total. The van der Waals surface area contributed by atoms with Crippen molar-refractivity contribution in [2.24, 2.45) is 0 Å². The molecule has 4 heteroatoms. The molecule has 1 unspecified atom stereocenters. The van der Waals surface area contributed by atoms with Gasteiger partial charge in [0.05, 0.1) is 0 Å². The number of carbonyl (C=O) groups is 1. The van der Waals surface area contributed by atoms with Crippen LogP contribution >= 0.6 is 0 Å². The third-order valence-corrected chi connectivity index (χ3v) is 3.28. The summed E-state index contributed by atoms with van der Waals surface area (Å²) in [4.78, 5) is 18.4. The van der Waals surface area contributed by atoms with Gasteiger partial charge in [-0.15, -0.1) is 0 Å². The zero-order chi connectivity index (χ0) is 14.0. The first-order valence-electron chi connectivity index (χ1n) is 6.83. The minimum atomic E-state index is -0.450. The van der Waals surface area contributed by atoms with Gasteiger partial charge in [0.1, 0.15) is 5.60 Å². The molecule has 0 radical (unpaired) electrons. The quantitative estimate of drug-likeness (QED) is 0.823. The normalized spacial score (nSPS) is 18.0. The van der Waals surface area contributed by atoms with E-state index in [2.05, 4.69) is 11.1 Å². The van der Waals surface area contributed by atoms with E-state index in [0.29, 0.717) is 6.54 Å². The SMILES string of the molecule is CCN(C(=O)OC(C)(C)C)C1Cc2cccnc2C1. The number of aromatic nitrogens is 1. The molecule has 0 saturated heterocycles. The van der Waals surface area contributed by atoms with Gasteiger partial charge in [0.2, 0.25) is 0 Å². The van der Waals surface area contributed by atoms with Gasteiger partial charge in [-0.05, 0) is 45.7 Å². The smallest absolute Gasteiger partial charge is 0.410 e. The Balaban J connectivity index is 2.07. The van der Waals surface area contributed by atoms with Crippen molar-refractivity contribution in [1.29, 1.82) is 0 Å². The third-order valence-electron chi connectivity index (χ3n) is 3.28. The molecule has 0 fully saturated rings. The Morgan fingerprint density at radius 3 is 2.79 bits per heavy atom. The van der Waals surface area contributed by atoms with E-state index in [-0.39, 0.29) is 12.1 Å². The standard InChI is InChI=1S/C15H22N2O2/c1-5-17(14(18)19-15(2,3)4)12-9-11-7-6-8-16-13(11)10-12/h6-8,12H,5,9-10H2,1-4H3. The van der Waals surface area contributed by atoms with Crippen molar-refractivity contribution in [3.63, 3.8) is 0 Å². The van der Waals surface area contributed by atoms with Gasteiger partial charge < -0.3 is 9.64 Å². The predicted molar refractivity (Wildman–Crippen MR) is 74.0 cm³/mol. The summed E-state index contributed by atoms with van der Waals surface area (Å²) < 4.78 is 5.47. The van der Waals surface area contributed by atoms with Crippen LogP contribution < -0.4 is 0 Å². The van der Waals surface area contributed by atoms with Crippen molar-refractivity contribution in [1.82, 2.24) is 9.88 Å². The van der Waals surface area contributed by atoms with Crippen LogP contribution in [0.15, 0.2) is 18.3 Å². The van der Waals surface area contributed by atoms with E-state index >= 15 is 0 Å². The maximum absolute atomic E-state index is 12.2. The van der Waals surface area contributed by atoms with Crippen molar-refractivity contribution >= 4 is 6.09 Å². The van der Waals surface area contributed by atoms with Gasteiger partial charge in [-0.3, -0.25) is 4.98 Å². The van der Waals surface area contributed by atoms with E-state index in [0.717, 1.165) is 18.5 Å². The highest BCUT2D eigenvalue weighted by molar-refractivity contribution is 5.68. The Morgan fingerprint density at radius 2 is 2.21 bits per heavy atom. The van der Waals surface area contributed by atoms with Gasteiger partial charge in [0.15, 0.2) is 0 Å². The molecule has 19 heavy (non-hydrogen) atoms. The van der Waals surface area contributed by atoms with Gasteiger partial charge in [-0.1, -0.05) is 6.07 Å². The molecule has 0 bridgehead atoms. The highest BCUT2D eigenvalue weighted by atomic mass is 16.6. The number of nitrogens with zero attached hydrogens (tertiary/aromatic N) is 2. The average molecular weight is 262 g/mol. The zero-order valence-electron chi connectivity index (χ0n) is 12.1. The Morgan fingerprint density at radius 1 is 1.47 bits per heavy atom. The first-order chi connectivity index (χ1) is 8.90. The summed E-state index contributed by atoms with van der Waals surface area (Å²) in [6.07, 6.45) is 3.28. The summed E-state index contributed by atoms with van der Waals surface area (Å²) in [5.74, 6) is 0. The molecule has 0 saturated carbocycles. The molecule has 0 spiro atoms. The first kappa shape index (κ1) is 13.8. The molecular weight excluding hydrogens is 240 g/mol. The first-order valence-corrected chi connectivity index (χ1v) is 6.83. The lowest BCUT2D eigenvalue weighted by atomic mass is 10.2. The van der Waals surface area contributed by atoms with E-state index in [1.807, 2.05) is 44.9 Å². The number of fused-ring (bicyclic) bond motifs is 1. The lowest BCUT2D eigenvalue weighted by Crippen LogP contribution is -2.43. The fourth-order valence-electron chi connectivity index (χ4n) is 2.47. The maximum atomic E-state index is 12.2. The highest BCUT2D eigenvalue weighted by Crippen LogP contribution is 2.24. The van der Waals surface area contributed by atoms with Crippen molar-refractivity contribution < 1.29 is 9.53 Å². The maximum Gasteiger partial charge on any atom is 0.410 e. The second-order valence-electron chi connectivity index (χ2n) is 5.94. The van der Waals surface area contributed by atoms with Gasteiger partial charge in [-0.2, -0.15) is 0 Å². The lowest BCUT2D eigenvalue weighted by Gasteiger charge is -2.30. The number of likely N-dealkylation sites (N-methyl/N-ethyl adjacent to an activating group) is 1. The number of hydrogen-bond donors (Lipinski definition) is 0. The van der Waals surface area contributed by atoms with Crippen LogP contribution in [0.2, 0.25) is 0 Å². The van der Waals surface area contributed by atoms with E-state index in [1.54, 1.807) is 0 Å². The molecular formula is C15H22N2O2. The minimum Gasteiger partial charge on any atom is -0.444 e. The number of hydrogen-bond acceptors (Lipinski definition) is 3. The molecule has 1 aromatic heterocycles. The Hall–Kier alpha value is -1.58. The molecule has 1 aliphatic carbocycles. The molecule has 2 rings (SSSR count). The van der Waals surface area contributed by atoms with Crippen LogP contribution in [-0.4, -0.2) is 34.2 Å². The molecule has 1 amide bonds. The molecule has 1 heterocycles. The molecule has 0 N–H and O–H groups in total. The fraction of sp³-hybridized carbons (Fsp3) is 0.600. The fourth-order valence-corrected chi connectivity index (χ4v) is 2.47. The van der Waals surface area contributed by atoms with Gasteiger partial charge >= 0.3 is 6.09 Å². The molecule has 0 aromatic carbocycles. The molecule has 104 valence electrons. The summed E-state index contributed by atoms with van der Waals surface area (Å²) >= 11 is 0. The number of amides is 1. The monoisotopic (exact) mass is 262 g/mol. The Labute approximate surface area is 114 Å². The second kappa shape index (κ2) is 5.19. The Bertz CT molecular complexity index is 440. The number of ether oxygens (including phenoxy) is 1. The third kappa shape index (κ3) is 3.25. The second-order valence-corrected chi connectivity index (χ2v) is 5.94. The van der Waals surface area contributed by atoms with Crippen molar-refractivity contribution in [2.75, 3.05) is 6.54 Å². The van der Waals surface area contributed by atoms with Crippen LogP contribution in [0, 0.1) is 0 Å². The number of pyridine rings is 1. The topological polar surface area (TPSA) is 42.4 Å². The summed E-state index contributed by atoms with van der Waals surface area (Å²) in [5, 5.41) is 0. The summed E-state index contributed by atoms with van der Waals surface area (Å²) in [6.45, 7) is 8.32. The summed E-state index contributed by atoms with van der Waals surface area (Å²) in [5.41, 5.74) is 1.90. The minimum absolute atomic E-state index is 0.171. The lowest BCUT2D eigenvalue weighted by molar-refractivity contribution is 0.0181. The van der Waals surface area contributed by atoms with Crippen molar-refractivity contribution in [3.8, 4) is 0 Å². The van der Waals surface area contributed by atoms with Crippen LogP contribution in [0.4, 0.5) is 4.79 Å². The molecule has 1 aliphatic rings. The van der Waals surface area contributed by atoms with Crippen LogP contribution in [0.5, 0.6) is 0 Å². The van der Waals surface area contributed by atoms with Gasteiger partial charge in [0, 0.05) is 30.9 Å². The predicted octanol–water partition coefficient (Wildman–Crippen LogP) is 2.81. The van der Waals surface area contributed by atoms with Crippen LogP contribution in [-0.2, 0) is 17.6 Å². The van der Waals surface area contributed by atoms with Crippen LogP contribution in [0.1, 0.15) is 39.0 Å². The Kier molecular flexibility index (Phi) is 3.78. The van der Waals surface area contributed by atoms with Gasteiger partial charge in [-0.25, -0.2) is 4.79 Å². The molecule has 1 atom stereocenters. The summed E-state index contributed by atoms with van der Waals surface area (Å²) in [6, 6.07) is 4.21. The van der Waals surface area contributed by atoms with Crippen LogP contribution in [0.3, 0.4) is 0 Å². The molecule has 1 aromatic rings. The zero-order valence-corrected chi connectivity index (χ0v) is 12.1. The van der Waals surface area contributed by atoms with E-state index in [4.69, 9.17) is 4.74 Å². The van der Waals surface area contributed by atoms with Crippen LogP contribution in [0.25, 0.3) is 0 Å². The van der Waals surface area contributed by atoms with E-state index in [1.165, 1.54) is 5.56 Å². The number of rotatable bonds is 2. The van der Waals surface area contributed by atoms with Crippen molar-refractivity contribution in [3.05, 3.63) is 29.6 Å². The average Bonchev–Trinajstić information content (AvgIpc) is 2.70. The number of carbonyl (C=O) groups excluding carboxylic acids is 1. The van der Waals surface area contributed by atoms with E-state index < -0.39 is 5.60 Å². The molecule has 0 aliphatic heterocycles.